The Bertz CT molecular complexity index is 94.1. The summed E-state index contributed by atoms with van der Waals surface area (Å²) >= 11 is 0. The van der Waals surface area contributed by atoms with E-state index in [2.05, 4.69) is 13.8 Å². The third-order valence-electron chi connectivity index (χ3n) is 1.64. The number of halogens is 2. The number of hydrogen-bond donors (Lipinski definition) is 1. The number of nitrogens with two attached hydrogens (primary N) is 1. The van der Waals surface area contributed by atoms with E-state index in [1.165, 1.54) is 0 Å². The van der Waals surface area contributed by atoms with Crippen LogP contribution in [0.5, 0.6) is 0 Å². The molecule has 0 aliphatic heterocycles. The Hall–Kier alpha value is -0.180. The molecule has 0 saturated heterocycles. The molecule has 2 N–H and O–H groups in total. The third-order valence-corrected chi connectivity index (χ3v) is 1.64. The molecule has 1 nitrogen and oxygen atoms in total. The van der Waals surface area contributed by atoms with Gasteiger partial charge in [-0.05, 0) is 12.3 Å². The molecule has 0 aliphatic rings. The topological polar surface area (TPSA) is 26.0 Å². The molecular formula is C8H17F2N. The molecule has 0 fully saturated rings. The maximum atomic E-state index is 11.8. The largest absolute Gasteiger partial charge is 0.323 e. The molecule has 0 bridgehead atoms. The van der Waals surface area contributed by atoms with Crippen molar-refractivity contribution >= 4 is 0 Å². The highest BCUT2D eigenvalue weighted by Gasteiger charge is 2.13. The van der Waals surface area contributed by atoms with Crippen LogP contribution in [-0.4, -0.2) is 12.5 Å². The smallest absolute Gasteiger partial charge is 0.253 e. The quantitative estimate of drug-likeness (QED) is 0.665. The number of hydrogen-bond acceptors (Lipinski definition) is 1. The Morgan fingerprint density at radius 2 is 1.73 bits per heavy atom. The lowest BCUT2D eigenvalue weighted by molar-refractivity contribution is 0.110. The molecule has 0 aromatic heterocycles. The van der Waals surface area contributed by atoms with Crippen molar-refractivity contribution in [2.45, 2.75) is 45.6 Å². The molecule has 0 rings (SSSR count). The van der Waals surface area contributed by atoms with E-state index in [0.717, 1.165) is 12.8 Å². The van der Waals surface area contributed by atoms with Gasteiger partial charge in [0.2, 0.25) is 0 Å². The van der Waals surface area contributed by atoms with Gasteiger partial charge in [0.05, 0.1) is 6.04 Å². The second kappa shape index (κ2) is 5.47. The minimum atomic E-state index is -2.36. The van der Waals surface area contributed by atoms with E-state index in [0.29, 0.717) is 12.3 Å². The van der Waals surface area contributed by atoms with E-state index >= 15 is 0 Å². The van der Waals surface area contributed by atoms with Gasteiger partial charge < -0.3 is 5.73 Å². The first-order valence-corrected chi connectivity index (χ1v) is 4.07. The van der Waals surface area contributed by atoms with Crippen molar-refractivity contribution in [2.24, 2.45) is 11.7 Å². The van der Waals surface area contributed by atoms with Crippen LogP contribution in [-0.2, 0) is 0 Å². The standard InChI is InChI=1S/C8H17F2N/c1-6(2)4-3-5-7(11)8(9)10/h6-8H,3-5,11H2,1-2H3. The molecule has 0 radical (unpaired) electrons. The van der Waals surface area contributed by atoms with Crippen LogP contribution in [0.1, 0.15) is 33.1 Å². The predicted octanol–water partition coefficient (Wildman–Crippen LogP) is 2.41. The lowest BCUT2D eigenvalue weighted by Crippen LogP contribution is -2.28. The van der Waals surface area contributed by atoms with E-state index in [1.807, 2.05) is 0 Å². The summed E-state index contributed by atoms with van der Waals surface area (Å²) in [6, 6.07) is -0.922. The van der Waals surface area contributed by atoms with Gasteiger partial charge in [-0.1, -0.05) is 26.7 Å². The zero-order valence-electron chi connectivity index (χ0n) is 7.19. The predicted molar refractivity (Wildman–Crippen MR) is 42.7 cm³/mol. The van der Waals surface area contributed by atoms with E-state index in [1.54, 1.807) is 0 Å². The van der Waals surface area contributed by atoms with Gasteiger partial charge in [0.15, 0.2) is 0 Å². The van der Waals surface area contributed by atoms with Crippen molar-refractivity contribution in [1.82, 2.24) is 0 Å². The SMILES string of the molecule is CC(C)CCCC(N)C(F)F. The Labute approximate surface area is 67.0 Å². The normalized spacial score (nSPS) is 14.5. The lowest BCUT2D eigenvalue weighted by atomic mass is 10.0. The van der Waals surface area contributed by atoms with Gasteiger partial charge in [-0.15, -0.1) is 0 Å². The molecule has 3 heteroatoms. The molecule has 0 aromatic rings. The van der Waals surface area contributed by atoms with Gasteiger partial charge in [0.1, 0.15) is 0 Å². The first kappa shape index (κ1) is 10.8. The summed E-state index contributed by atoms with van der Waals surface area (Å²) in [6.07, 6.45) is -0.124. The van der Waals surface area contributed by atoms with Crippen LogP contribution in [0.3, 0.4) is 0 Å². The molecule has 0 aromatic carbocycles. The van der Waals surface area contributed by atoms with Crippen molar-refractivity contribution in [2.75, 3.05) is 0 Å². The summed E-state index contributed by atoms with van der Waals surface area (Å²) in [5.41, 5.74) is 5.15. The highest BCUT2D eigenvalue weighted by atomic mass is 19.3. The van der Waals surface area contributed by atoms with E-state index < -0.39 is 12.5 Å². The fourth-order valence-corrected chi connectivity index (χ4v) is 0.888. The highest BCUT2D eigenvalue weighted by Crippen LogP contribution is 2.10. The zero-order valence-corrected chi connectivity index (χ0v) is 7.19. The monoisotopic (exact) mass is 165 g/mol. The van der Waals surface area contributed by atoms with Crippen LogP contribution in [0.4, 0.5) is 8.78 Å². The minimum Gasteiger partial charge on any atom is -0.323 e. The summed E-state index contributed by atoms with van der Waals surface area (Å²) in [6.45, 7) is 4.15. The molecule has 0 saturated carbocycles. The fraction of sp³-hybridized carbons (Fsp3) is 1.00. The van der Waals surface area contributed by atoms with Crippen LogP contribution in [0.15, 0.2) is 0 Å². The molecule has 68 valence electrons. The number of alkyl halides is 2. The van der Waals surface area contributed by atoms with Crippen LogP contribution in [0.2, 0.25) is 0 Å². The molecule has 0 amide bonds. The average Bonchev–Trinajstić information content (AvgIpc) is 1.86. The van der Waals surface area contributed by atoms with Gasteiger partial charge in [0, 0.05) is 0 Å². The maximum Gasteiger partial charge on any atom is 0.253 e. The second-order valence-corrected chi connectivity index (χ2v) is 3.32. The Kier molecular flexibility index (Phi) is 5.38. The van der Waals surface area contributed by atoms with Gasteiger partial charge in [-0.25, -0.2) is 8.78 Å². The maximum absolute atomic E-state index is 11.8. The summed E-state index contributed by atoms with van der Waals surface area (Å²) in [5.74, 6) is 0.583. The minimum absolute atomic E-state index is 0.440. The summed E-state index contributed by atoms with van der Waals surface area (Å²) in [5, 5.41) is 0. The zero-order chi connectivity index (χ0) is 8.85. The summed E-state index contributed by atoms with van der Waals surface area (Å²) < 4.78 is 23.7. The Balaban J connectivity index is 3.24. The van der Waals surface area contributed by atoms with Gasteiger partial charge >= 0.3 is 0 Å². The lowest BCUT2D eigenvalue weighted by Gasteiger charge is -2.10. The van der Waals surface area contributed by atoms with Crippen LogP contribution in [0.25, 0.3) is 0 Å². The summed E-state index contributed by atoms with van der Waals surface area (Å²) in [4.78, 5) is 0. The van der Waals surface area contributed by atoms with Gasteiger partial charge in [-0.2, -0.15) is 0 Å². The van der Waals surface area contributed by atoms with Crippen molar-refractivity contribution in [3.63, 3.8) is 0 Å². The van der Waals surface area contributed by atoms with E-state index in [-0.39, 0.29) is 0 Å². The molecular weight excluding hydrogens is 148 g/mol. The summed E-state index contributed by atoms with van der Waals surface area (Å²) in [7, 11) is 0. The molecule has 1 unspecified atom stereocenters. The highest BCUT2D eigenvalue weighted by molar-refractivity contribution is 4.63. The van der Waals surface area contributed by atoms with E-state index in [4.69, 9.17) is 5.73 Å². The van der Waals surface area contributed by atoms with Crippen LogP contribution >= 0.6 is 0 Å². The van der Waals surface area contributed by atoms with Crippen molar-refractivity contribution in [3.05, 3.63) is 0 Å². The Morgan fingerprint density at radius 1 is 1.18 bits per heavy atom. The number of rotatable bonds is 5. The van der Waals surface area contributed by atoms with Crippen molar-refractivity contribution < 1.29 is 8.78 Å². The van der Waals surface area contributed by atoms with Crippen LogP contribution < -0.4 is 5.73 Å². The molecule has 11 heavy (non-hydrogen) atoms. The average molecular weight is 165 g/mol. The van der Waals surface area contributed by atoms with Crippen molar-refractivity contribution in [1.29, 1.82) is 0 Å². The first-order chi connectivity index (χ1) is 5.04. The molecule has 1 atom stereocenters. The van der Waals surface area contributed by atoms with Crippen LogP contribution in [0, 0.1) is 5.92 Å². The third kappa shape index (κ3) is 6.23. The van der Waals surface area contributed by atoms with Gasteiger partial charge in [0.25, 0.3) is 6.43 Å². The van der Waals surface area contributed by atoms with Gasteiger partial charge in [-0.3, -0.25) is 0 Å². The second-order valence-electron chi connectivity index (χ2n) is 3.32. The Morgan fingerprint density at radius 3 is 2.09 bits per heavy atom. The molecule has 0 aliphatic carbocycles. The fourth-order valence-electron chi connectivity index (χ4n) is 0.888. The van der Waals surface area contributed by atoms with E-state index in [9.17, 15) is 8.78 Å². The molecule has 0 spiro atoms. The van der Waals surface area contributed by atoms with Crippen molar-refractivity contribution in [3.8, 4) is 0 Å². The molecule has 0 heterocycles. The first-order valence-electron chi connectivity index (χ1n) is 4.07.